The summed E-state index contributed by atoms with van der Waals surface area (Å²) in [6.45, 7) is 10.8. The molecule has 0 rings (SSSR count). The van der Waals surface area contributed by atoms with Crippen molar-refractivity contribution in [3.05, 3.63) is 0 Å². The topological polar surface area (TPSA) is 217 Å². The molecule has 0 atom stereocenters. The standard InChI is InChI=1S/6C2H3N.2C2H4O2.2BF4.2Mo/c6*1-2-3;2*1-2(3)4;2*2-1(3,4)5;;/h6*1H3;2*1H3,(H,3,4);;;;/q;;;;;;;;2*-1;;. The molecule has 22 heteroatoms. The normalized spacial score (nSPS) is 5.74. The van der Waals surface area contributed by atoms with Crippen LogP contribution in [0.3, 0.4) is 0 Å². The molecule has 38 heavy (non-hydrogen) atoms. The number of halogens is 8. The van der Waals surface area contributed by atoms with Gasteiger partial charge in [0, 0.05) is 97.5 Å². The number of hydrogen-bond acceptors (Lipinski definition) is 8. The number of hydrogen-bond donors (Lipinski definition) is 2. The fourth-order valence-corrected chi connectivity index (χ4v) is 0. The van der Waals surface area contributed by atoms with Crippen LogP contribution in [0.4, 0.5) is 34.5 Å². The van der Waals surface area contributed by atoms with Gasteiger partial charge in [-0.1, -0.05) is 0 Å². The van der Waals surface area contributed by atoms with E-state index in [4.69, 9.17) is 51.4 Å². The number of nitriles is 6. The summed E-state index contributed by atoms with van der Waals surface area (Å²) in [5, 5.41) is 58.7. The van der Waals surface area contributed by atoms with Crippen molar-refractivity contribution in [2.24, 2.45) is 0 Å². The van der Waals surface area contributed by atoms with Crippen molar-refractivity contribution in [3.63, 3.8) is 0 Å². The minimum Gasteiger partial charge on any atom is -0.481 e. The van der Waals surface area contributed by atoms with Crippen LogP contribution in [0.1, 0.15) is 55.4 Å². The number of carboxylic acid groups (broad SMARTS) is 2. The third-order valence-corrected chi connectivity index (χ3v) is 0. The summed E-state index contributed by atoms with van der Waals surface area (Å²) in [6, 6.07) is 10.5. The van der Waals surface area contributed by atoms with E-state index in [1.807, 2.05) is 0 Å². The van der Waals surface area contributed by atoms with E-state index < -0.39 is 26.4 Å². The molecule has 0 saturated heterocycles. The van der Waals surface area contributed by atoms with Gasteiger partial charge in [0.15, 0.2) is 0 Å². The van der Waals surface area contributed by atoms with Crippen LogP contribution < -0.4 is 0 Å². The predicted molar refractivity (Wildman–Crippen MR) is 115 cm³/mol. The molecule has 0 aliphatic rings. The van der Waals surface area contributed by atoms with E-state index in [0.717, 1.165) is 13.8 Å². The summed E-state index contributed by atoms with van der Waals surface area (Å²) >= 11 is 0. The van der Waals surface area contributed by atoms with E-state index in [2.05, 4.69) is 0 Å². The number of carboxylic acids is 2. The Hall–Kier alpha value is -3.17. The first-order chi connectivity index (χ1) is 15.9. The zero-order chi connectivity index (χ0) is 32.4. The van der Waals surface area contributed by atoms with Crippen molar-refractivity contribution in [1.29, 1.82) is 31.6 Å². The quantitative estimate of drug-likeness (QED) is 0.220. The summed E-state index contributed by atoms with van der Waals surface area (Å²) in [6.07, 6.45) is 0. The Morgan fingerprint density at radius 3 is 0.474 bits per heavy atom. The van der Waals surface area contributed by atoms with Gasteiger partial charge < -0.3 is 44.7 Å². The van der Waals surface area contributed by atoms with Crippen LogP contribution in [-0.2, 0) is 51.7 Å². The van der Waals surface area contributed by atoms with E-state index in [1.54, 1.807) is 36.4 Å². The number of carbonyl (C=O) groups is 2. The van der Waals surface area contributed by atoms with Crippen LogP contribution >= 0.6 is 0 Å². The maximum absolute atomic E-state index is 9.75. The zero-order valence-electron chi connectivity index (χ0n) is 21.4. The number of rotatable bonds is 0. The molecule has 0 aliphatic carbocycles. The van der Waals surface area contributed by atoms with Crippen LogP contribution in [0.2, 0.25) is 0 Å². The molecule has 0 unspecified atom stereocenters. The van der Waals surface area contributed by atoms with Gasteiger partial charge in [0.25, 0.3) is 11.9 Å². The van der Waals surface area contributed by atoms with Gasteiger partial charge in [-0.3, -0.25) is 9.59 Å². The van der Waals surface area contributed by atoms with Crippen molar-refractivity contribution >= 4 is 26.4 Å². The Labute approximate surface area is 245 Å². The van der Waals surface area contributed by atoms with Gasteiger partial charge in [-0.2, -0.15) is 31.6 Å². The molecule has 0 radical (unpaired) electrons. The predicted octanol–water partition coefficient (Wildman–Crippen LogP) is 5.96. The van der Waals surface area contributed by atoms with E-state index in [1.165, 1.54) is 41.5 Å². The molecule has 0 amide bonds. The summed E-state index contributed by atoms with van der Waals surface area (Å²) in [5.41, 5.74) is 0. The molecule has 0 heterocycles. The molecule has 0 aliphatic heterocycles. The van der Waals surface area contributed by atoms with Crippen LogP contribution in [0, 0.1) is 68.0 Å². The van der Waals surface area contributed by atoms with Gasteiger partial charge in [-0.15, -0.1) is 0 Å². The molecule has 220 valence electrons. The molecule has 0 aromatic rings. The third-order valence-electron chi connectivity index (χ3n) is 0. The Balaban J connectivity index is -0.0000000198. The maximum Gasteiger partial charge on any atom is 0.673 e. The number of nitrogens with zero attached hydrogens (tertiary/aromatic N) is 6. The van der Waals surface area contributed by atoms with Gasteiger partial charge in [0.05, 0.1) is 36.4 Å². The van der Waals surface area contributed by atoms with Crippen molar-refractivity contribution in [2.45, 2.75) is 55.4 Å². The molecular formula is C16H26B2F8Mo2N6O4-2. The summed E-state index contributed by atoms with van der Waals surface area (Å²) in [7, 11) is -12.0. The van der Waals surface area contributed by atoms with Crippen LogP contribution in [0.15, 0.2) is 0 Å². The SMILES string of the molecule is CC#N.CC#N.CC#N.CC#N.CC#N.CC#N.CC(=O)O.CC(=O)O.F[B-](F)(F)F.F[B-](F)(F)F.[Mo].[Mo]. The van der Waals surface area contributed by atoms with Crippen LogP contribution in [-0.4, -0.2) is 36.7 Å². The molecule has 0 aromatic carbocycles. The van der Waals surface area contributed by atoms with E-state index in [-0.39, 0.29) is 42.1 Å². The first kappa shape index (κ1) is 76.5. The largest absolute Gasteiger partial charge is 0.673 e. The Morgan fingerprint density at radius 2 is 0.474 bits per heavy atom. The zero-order valence-corrected chi connectivity index (χ0v) is 25.4. The van der Waals surface area contributed by atoms with E-state index >= 15 is 0 Å². The van der Waals surface area contributed by atoms with Gasteiger partial charge in [0.2, 0.25) is 0 Å². The van der Waals surface area contributed by atoms with Gasteiger partial charge >= 0.3 is 14.5 Å². The third kappa shape index (κ3) is 3300. The summed E-state index contributed by atoms with van der Waals surface area (Å²) in [4.78, 5) is 18.0. The molecule has 2 N–H and O–H groups in total. The van der Waals surface area contributed by atoms with E-state index in [9.17, 15) is 34.5 Å². The van der Waals surface area contributed by atoms with Crippen LogP contribution in [0.25, 0.3) is 0 Å². The Kier molecular flexibility index (Phi) is 169. The average molecular weight is 732 g/mol. The molecule has 0 spiro atoms. The Bertz CT molecular complexity index is 572. The summed E-state index contributed by atoms with van der Waals surface area (Å²) < 4.78 is 78.0. The first-order valence-corrected chi connectivity index (χ1v) is 7.94. The van der Waals surface area contributed by atoms with Crippen molar-refractivity contribution in [3.8, 4) is 36.4 Å². The molecule has 0 aromatic heterocycles. The number of aliphatic carboxylic acids is 2. The molecular weight excluding hydrogens is 706 g/mol. The second kappa shape index (κ2) is 84.0. The first-order valence-electron chi connectivity index (χ1n) is 7.94. The smallest absolute Gasteiger partial charge is 0.481 e. The van der Waals surface area contributed by atoms with Gasteiger partial charge in [-0.05, 0) is 0 Å². The van der Waals surface area contributed by atoms with Gasteiger partial charge in [0.1, 0.15) is 0 Å². The Morgan fingerprint density at radius 1 is 0.474 bits per heavy atom. The minimum absolute atomic E-state index is 0. The second-order valence-electron chi connectivity index (χ2n) is 3.37. The monoisotopic (exact) mass is 736 g/mol. The minimum atomic E-state index is -6.00. The molecule has 0 fully saturated rings. The van der Waals surface area contributed by atoms with Gasteiger partial charge in [-0.25, -0.2) is 0 Å². The van der Waals surface area contributed by atoms with Crippen molar-refractivity contribution in [1.82, 2.24) is 0 Å². The average Bonchev–Trinajstić information content (AvgIpc) is 2.54. The molecule has 0 saturated carbocycles. The van der Waals surface area contributed by atoms with Crippen molar-refractivity contribution < 1.29 is 96.5 Å². The fraction of sp³-hybridized carbons (Fsp3) is 0.500. The van der Waals surface area contributed by atoms with Crippen molar-refractivity contribution in [2.75, 3.05) is 0 Å². The molecule has 0 bridgehead atoms. The van der Waals surface area contributed by atoms with E-state index in [0.29, 0.717) is 0 Å². The van der Waals surface area contributed by atoms with Crippen LogP contribution in [0.5, 0.6) is 0 Å². The summed E-state index contributed by atoms with van der Waals surface area (Å²) in [5.74, 6) is -1.67. The maximum atomic E-state index is 9.75. The molecule has 10 nitrogen and oxygen atoms in total. The second-order valence-corrected chi connectivity index (χ2v) is 3.37. The fourth-order valence-electron chi connectivity index (χ4n) is 0.